The van der Waals surface area contributed by atoms with Crippen LogP contribution in [0.2, 0.25) is 5.02 Å². The predicted molar refractivity (Wildman–Crippen MR) is 93.0 cm³/mol. The summed E-state index contributed by atoms with van der Waals surface area (Å²) in [6.45, 7) is 1.04. The van der Waals surface area contributed by atoms with Crippen LogP contribution < -0.4 is 5.32 Å². The van der Waals surface area contributed by atoms with Gasteiger partial charge in [0.2, 0.25) is 5.91 Å². The Morgan fingerprint density at radius 2 is 2.17 bits per heavy atom. The molecule has 126 valence electrons. The quantitative estimate of drug-likeness (QED) is 0.891. The van der Waals surface area contributed by atoms with E-state index in [-0.39, 0.29) is 22.8 Å². The molecule has 2 amide bonds. The smallest absolute Gasteiger partial charge is 0.263 e. The first kappa shape index (κ1) is 16.9. The molecule has 1 saturated heterocycles. The van der Waals surface area contributed by atoms with Crippen LogP contribution in [0.15, 0.2) is 35.7 Å². The van der Waals surface area contributed by atoms with Gasteiger partial charge in [-0.05, 0) is 42.5 Å². The fourth-order valence-electron chi connectivity index (χ4n) is 2.75. The van der Waals surface area contributed by atoms with Crippen molar-refractivity contribution in [3.05, 3.63) is 51.4 Å². The Balaban J connectivity index is 1.64. The van der Waals surface area contributed by atoms with Gasteiger partial charge in [0.1, 0.15) is 5.82 Å². The number of likely N-dealkylation sites (tertiary alicyclic amines) is 1. The molecule has 24 heavy (non-hydrogen) atoms. The zero-order valence-corrected chi connectivity index (χ0v) is 14.4. The molecular formula is C17H16ClFN2O2S. The van der Waals surface area contributed by atoms with Crippen LogP contribution in [0.3, 0.4) is 0 Å². The number of nitrogens with one attached hydrogen (secondary N) is 1. The second kappa shape index (κ2) is 7.32. The first-order valence-electron chi connectivity index (χ1n) is 7.63. The van der Waals surface area contributed by atoms with Gasteiger partial charge >= 0.3 is 0 Å². The minimum Gasteiger partial charge on any atom is -0.337 e. The Kier molecular flexibility index (Phi) is 5.16. The normalized spacial score (nSPS) is 17.6. The van der Waals surface area contributed by atoms with Crippen molar-refractivity contribution in [2.75, 3.05) is 18.4 Å². The number of benzene rings is 1. The minimum absolute atomic E-state index is 0.0349. The summed E-state index contributed by atoms with van der Waals surface area (Å²) in [5.41, 5.74) is 0.452. The third kappa shape index (κ3) is 3.76. The predicted octanol–water partition coefficient (Wildman–Crippen LogP) is 4.03. The lowest BCUT2D eigenvalue weighted by Crippen LogP contribution is -2.43. The highest BCUT2D eigenvalue weighted by Gasteiger charge is 2.29. The molecular weight excluding hydrogens is 351 g/mol. The van der Waals surface area contributed by atoms with E-state index < -0.39 is 5.82 Å². The van der Waals surface area contributed by atoms with E-state index in [1.54, 1.807) is 11.0 Å². The number of nitrogens with zero attached hydrogens (tertiary/aromatic N) is 1. The van der Waals surface area contributed by atoms with Crippen molar-refractivity contribution in [2.45, 2.75) is 12.8 Å². The highest BCUT2D eigenvalue weighted by atomic mass is 35.5. The average molecular weight is 367 g/mol. The molecule has 1 unspecified atom stereocenters. The van der Waals surface area contributed by atoms with Crippen molar-refractivity contribution in [3.8, 4) is 0 Å². The molecule has 1 fully saturated rings. The summed E-state index contributed by atoms with van der Waals surface area (Å²) in [6, 6.07) is 7.69. The lowest BCUT2D eigenvalue weighted by atomic mass is 9.97. The Bertz CT molecular complexity index is 751. The number of carbonyl (C=O) groups excluding carboxylic acids is 2. The van der Waals surface area contributed by atoms with Crippen LogP contribution in [0, 0.1) is 11.7 Å². The van der Waals surface area contributed by atoms with Gasteiger partial charge in [-0.2, -0.15) is 0 Å². The van der Waals surface area contributed by atoms with Crippen molar-refractivity contribution >= 4 is 40.4 Å². The van der Waals surface area contributed by atoms with Crippen LogP contribution in [0.4, 0.5) is 10.1 Å². The molecule has 2 aromatic rings. The summed E-state index contributed by atoms with van der Waals surface area (Å²) in [4.78, 5) is 27.3. The van der Waals surface area contributed by atoms with E-state index in [4.69, 9.17) is 11.6 Å². The first-order valence-corrected chi connectivity index (χ1v) is 8.89. The summed E-state index contributed by atoms with van der Waals surface area (Å²) in [7, 11) is 0. The van der Waals surface area contributed by atoms with Gasteiger partial charge in [-0.1, -0.05) is 17.7 Å². The molecule has 4 nitrogen and oxygen atoms in total. The van der Waals surface area contributed by atoms with E-state index in [0.29, 0.717) is 23.7 Å². The molecule has 0 radical (unpaired) electrons. The van der Waals surface area contributed by atoms with Crippen molar-refractivity contribution in [3.63, 3.8) is 0 Å². The van der Waals surface area contributed by atoms with Gasteiger partial charge in [0.05, 0.1) is 15.8 Å². The monoisotopic (exact) mass is 366 g/mol. The maximum atomic E-state index is 13.2. The number of hydrogen-bond donors (Lipinski definition) is 1. The Labute approximate surface area is 148 Å². The van der Waals surface area contributed by atoms with Crippen molar-refractivity contribution in [1.29, 1.82) is 0 Å². The number of anilines is 1. The summed E-state index contributed by atoms with van der Waals surface area (Å²) in [6.07, 6.45) is 1.49. The van der Waals surface area contributed by atoms with E-state index in [9.17, 15) is 14.0 Å². The number of amides is 2. The number of rotatable bonds is 3. The fraction of sp³-hybridized carbons (Fsp3) is 0.294. The summed E-state index contributed by atoms with van der Waals surface area (Å²) in [5, 5.41) is 4.57. The van der Waals surface area contributed by atoms with Crippen molar-refractivity contribution in [1.82, 2.24) is 4.90 Å². The third-order valence-corrected chi connectivity index (χ3v) is 5.15. The summed E-state index contributed by atoms with van der Waals surface area (Å²) in [5.74, 6) is -1.03. The zero-order chi connectivity index (χ0) is 17.1. The van der Waals surface area contributed by atoms with Crippen LogP contribution in [-0.2, 0) is 4.79 Å². The van der Waals surface area contributed by atoms with E-state index in [0.717, 1.165) is 12.8 Å². The Morgan fingerprint density at radius 1 is 1.33 bits per heavy atom. The molecule has 1 aliphatic rings. The molecule has 0 bridgehead atoms. The maximum absolute atomic E-state index is 13.2. The minimum atomic E-state index is -0.528. The number of carbonyl (C=O) groups is 2. The lowest BCUT2D eigenvalue weighted by molar-refractivity contribution is -0.121. The fourth-order valence-corrected chi connectivity index (χ4v) is 3.62. The maximum Gasteiger partial charge on any atom is 0.263 e. The molecule has 2 heterocycles. The molecule has 0 spiro atoms. The van der Waals surface area contributed by atoms with Gasteiger partial charge < -0.3 is 10.2 Å². The van der Waals surface area contributed by atoms with E-state index in [2.05, 4.69) is 5.32 Å². The van der Waals surface area contributed by atoms with Crippen LogP contribution in [0.25, 0.3) is 0 Å². The molecule has 7 heteroatoms. The Hall–Kier alpha value is -1.92. The Morgan fingerprint density at radius 3 is 2.88 bits per heavy atom. The SMILES string of the molecule is O=C(Nc1ccc(F)c(Cl)c1)C1CCCN(C(=O)c2cccs2)C1. The van der Waals surface area contributed by atoms with Gasteiger partial charge in [0.25, 0.3) is 5.91 Å². The molecule has 0 saturated carbocycles. The number of halogens is 2. The number of piperidine rings is 1. The molecule has 1 aromatic carbocycles. The summed E-state index contributed by atoms with van der Waals surface area (Å²) >= 11 is 7.12. The van der Waals surface area contributed by atoms with Crippen molar-refractivity contribution < 1.29 is 14.0 Å². The van der Waals surface area contributed by atoms with Gasteiger partial charge in [-0.15, -0.1) is 11.3 Å². The molecule has 1 aliphatic heterocycles. The van der Waals surface area contributed by atoms with Crippen LogP contribution >= 0.6 is 22.9 Å². The van der Waals surface area contributed by atoms with E-state index in [1.165, 1.54) is 29.5 Å². The number of thiophene rings is 1. The van der Waals surface area contributed by atoms with E-state index in [1.807, 2.05) is 11.4 Å². The largest absolute Gasteiger partial charge is 0.337 e. The zero-order valence-electron chi connectivity index (χ0n) is 12.8. The topological polar surface area (TPSA) is 49.4 Å². The second-order valence-corrected chi connectivity index (χ2v) is 7.04. The van der Waals surface area contributed by atoms with Gasteiger partial charge in [-0.3, -0.25) is 9.59 Å². The van der Waals surface area contributed by atoms with Crippen LogP contribution in [0.1, 0.15) is 22.5 Å². The highest BCUT2D eigenvalue weighted by Crippen LogP contribution is 2.23. The lowest BCUT2D eigenvalue weighted by Gasteiger charge is -2.31. The molecule has 1 aromatic heterocycles. The number of hydrogen-bond acceptors (Lipinski definition) is 3. The molecule has 1 atom stereocenters. The first-order chi connectivity index (χ1) is 11.5. The van der Waals surface area contributed by atoms with Gasteiger partial charge in [-0.25, -0.2) is 4.39 Å². The molecule has 1 N–H and O–H groups in total. The van der Waals surface area contributed by atoms with Crippen LogP contribution in [-0.4, -0.2) is 29.8 Å². The molecule has 0 aliphatic carbocycles. The molecule has 3 rings (SSSR count). The van der Waals surface area contributed by atoms with Crippen molar-refractivity contribution in [2.24, 2.45) is 5.92 Å². The highest BCUT2D eigenvalue weighted by molar-refractivity contribution is 7.12. The third-order valence-electron chi connectivity index (χ3n) is 4.00. The summed E-state index contributed by atoms with van der Waals surface area (Å²) < 4.78 is 13.2. The average Bonchev–Trinajstić information content (AvgIpc) is 3.12. The standard InChI is InChI=1S/C17H16ClFN2O2S/c18-13-9-12(5-6-14(13)19)20-16(22)11-3-1-7-21(10-11)17(23)15-4-2-8-24-15/h2,4-6,8-9,11H,1,3,7,10H2,(H,20,22). The van der Waals surface area contributed by atoms with Gasteiger partial charge in [0.15, 0.2) is 0 Å². The second-order valence-electron chi connectivity index (χ2n) is 5.69. The van der Waals surface area contributed by atoms with E-state index >= 15 is 0 Å². The van der Waals surface area contributed by atoms with Gasteiger partial charge in [0, 0.05) is 18.8 Å². The van der Waals surface area contributed by atoms with Crippen LogP contribution in [0.5, 0.6) is 0 Å².